The maximum absolute atomic E-state index is 12.4. The molecule has 13 heteroatoms. The lowest BCUT2D eigenvalue weighted by Crippen LogP contribution is -2.47. The van der Waals surface area contributed by atoms with Crippen molar-refractivity contribution in [3.05, 3.63) is 54.5 Å². The van der Waals surface area contributed by atoms with E-state index < -0.39 is 0 Å². The Morgan fingerprint density at radius 3 is 2.72 bits per heavy atom. The van der Waals surface area contributed by atoms with E-state index in [1.165, 1.54) is 6.33 Å². The SMILES string of the molecule is COCC(C)C(=O)NC1CCN(c2ncc3ncnc(Nc4ccc(Oc5ccc6c(c5)nnn6C)c(C)c4)c3n2)CC1. The number of aromatic nitrogens is 7. The minimum absolute atomic E-state index is 0.0217. The molecule has 1 aliphatic rings. The van der Waals surface area contributed by atoms with Gasteiger partial charge in [0.1, 0.15) is 34.4 Å². The third-order valence-electron chi connectivity index (χ3n) is 7.60. The Bertz CT molecular complexity index is 1770. The molecule has 0 saturated carbocycles. The number of carbonyl (C=O) groups is 1. The lowest BCUT2D eigenvalue weighted by Gasteiger charge is -2.32. The van der Waals surface area contributed by atoms with Gasteiger partial charge in [0, 0.05) is 45.0 Å². The molecular weight excluding hydrogens is 548 g/mol. The number of benzene rings is 2. The van der Waals surface area contributed by atoms with Gasteiger partial charge in [0.15, 0.2) is 5.82 Å². The Balaban J connectivity index is 1.14. The van der Waals surface area contributed by atoms with Crippen LogP contribution in [0.3, 0.4) is 0 Å². The van der Waals surface area contributed by atoms with Gasteiger partial charge in [-0.15, -0.1) is 5.10 Å². The van der Waals surface area contributed by atoms with Gasteiger partial charge in [-0.25, -0.2) is 24.6 Å². The quantitative estimate of drug-likeness (QED) is 0.261. The zero-order valence-electron chi connectivity index (χ0n) is 24.6. The monoisotopic (exact) mass is 582 g/mol. The molecule has 1 fully saturated rings. The summed E-state index contributed by atoms with van der Waals surface area (Å²) in [6.45, 7) is 5.74. The number of methoxy groups -OCH3 is 1. The zero-order chi connectivity index (χ0) is 29.9. The molecule has 0 aliphatic carbocycles. The van der Waals surface area contributed by atoms with Crippen LogP contribution in [0.5, 0.6) is 11.5 Å². The Morgan fingerprint density at radius 2 is 1.93 bits per heavy atom. The molecule has 0 spiro atoms. The molecule has 5 aromatic rings. The topological polar surface area (TPSA) is 145 Å². The van der Waals surface area contributed by atoms with Crippen molar-refractivity contribution >= 4 is 45.4 Å². The van der Waals surface area contributed by atoms with Gasteiger partial charge in [0.25, 0.3) is 0 Å². The number of piperidine rings is 1. The van der Waals surface area contributed by atoms with E-state index in [1.54, 1.807) is 18.0 Å². The molecule has 2 aromatic carbocycles. The summed E-state index contributed by atoms with van der Waals surface area (Å²) in [5.41, 5.74) is 4.78. The van der Waals surface area contributed by atoms with Crippen molar-refractivity contribution in [2.24, 2.45) is 13.0 Å². The molecule has 1 aliphatic heterocycles. The fourth-order valence-corrected chi connectivity index (χ4v) is 5.17. The molecule has 1 saturated heterocycles. The van der Waals surface area contributed by atoms with Gasteiger partial charge < -0.3 is 25.0 Å². The van der Waals surface area contributed by atoms with Gasteiger partial charge in [-0.1, -0.05) is 12.1 Å². The highest BCUT2D eigenvalue weighted by atomic mass is 16.5. The van der Waals surface area contributed by atoms with Gasteiger partial charge >= 0.3 is 0 Å². The Kier molecular flexibility index (Phi) is 7.97. The molecule has 0 bridgehead atoms. The summed E-state index contributed by atoms with van der Waals surface area (Å²) >= 11 is 0. The van der Waals surface area contributed by atoms with E-state index in [1.807, 2.05) is 57.3 Å². The van der Waals surface area contributed by atoms with Crippen LogP contribution in [-0.2, 0) is 16.6 Å². The lowest BCUT2D eigenvalue weighted by molar-refractivity contribution is -0.126. The van der Waals surface area contributed by atoms with Crippen LogP contribution in [0.25, 0.3) is 22.1 Å². The number of rotatable bonds is 9. The molecule has 222 valence electrons. The molecule has 1 amide bonds. The highest BCUT2D eigenvalue weighted by Gasteiger charge is 2.24. The maximum Gasteiger partial charge on any atom is 0.226 e. The highest BCUT2D eigenvalue weighted by Crippen LogP contribution is 2.31. The molecule has 13 nitrogen and oxygen atoms in total. The Labute approximate surface area is 248 Å². The van der Waals surface area contributed by atoms with Crippen molar-refractivity contribution in [2.75, 3.05) is 37.0 Å². The Morgan fingerprint density at radius 1 is 1.09 bits per heavy atom. The highest BCUT2D eigenvalue weighted by molar-refractivity contribution is 5.87. The van der Waals surface area contributed by atoms with Crippen molar-refractivity contribution in [3.8, 4) is 11.5 Å². The molecule has 43 heavy (non-hydrogen) atoms. The van der Waals surface area contributed by atoms with E-state index in [0.717, 1.165) is 54.0 Å². The van der Waals surface area contributed by atoms with Gasteiger partial charge in [-0.3, -0.25) is 4.79 Å². The number of hydrogen-bond acceptors (Lipinski definition) is 11. The van der Waals surface area contributed by atoms with E-state index in [4.69, 9.17) is 14.5 Å². The predicted octanol–water partition coefficient (Wildman–Crippen LogP) is 3.91. The fourth-order valence-electron chi connectivity index (χ4n) is 5.17. The average Bonchev–Trinajstić information content (AvgIpc) is 3.38. The first-order chi connectivity index (χ1) is 20.9. The van der Waals surface area contributed by atoms with Crippen LogP contribution >= 0.6 is 0 Å². The predicted molar refractivity (Wildman–Crippen MR) is 163 cm³/mol. The fraction of sp³-hybridized carbons (Fsp3) is 0.367. The first-order valence-electron chi connectivity index (χ1n) is 14.2. The molecule has 4 heterocycles. The molecule has 2 N–H and O–H groups in total. The van der Waals surface area contributed by atoms with Crippen LogP contribution < -0.4 is 20.3 Å². The number of aryl methyl sites for hydroxylation is 2. The summed E-state index contributed by atoms with van der Waals surface area (Å²) in [7, 11) is 3.46. The lowest BCUT2D eigenvalue weighted by atomic mass is 10.0. The largest absolute Gasteiger partial charge is 0.457 e. The zero-order valence-corrected chi connectivity index (χ0v) is 24.6. The molecule has 3 aromatic heterocycles. The second-order valence-corrected chi connectivity index (χ2v) is 10.8. The van der Waals surface area contributed by atoms with Crippen molar-refractivity contribution in [2.45, 2.75) is 32.7 Å². The Hall–Kier alpha value is -4.91. The first kappa shape index (κ1) is 28.2. The number of anilines is 3. The van der Waals surface area contributed by atoms with E-state index >= 15 is 0 Å². The summed E-state index contributed by atoms with van der Waals surface area (Å²) < 4.78 is 13.0. The average molecular weight is 583 g/mol. The third-order valence-corrected chi connectivity index (χ3v) is 7.60. The van der Waals surface area contributed by atoms with Crippen molar-refractivity contribution < 1.29 is 14.3 Å². The smallest absolute Gasteiger partial charge is 0.226 e. The molecule has 6 rings (SSSR count). The van der Waals surface area contributed by atoms with Crippen LogP contribution in [0.2, 0.25) is 0 Å². The second kappa shape index (κ2) is 12.1. The van der Waals surface area contributed by atoms with Crippen LogP contribution in [0.15, 0.2) is 48.9 Å². The number of ether oxygens (including phenoxy) is 2. The van der Waals surface area contributed by atoms with Crippen molar-refractivity contribution in [1.82, 2.24) is 40.2 Å². The molecule has 0 radical (unpaired) electrons. The van der Waals surface area contributed by atoms with E-state index in [2.05, 4.69) is 40.8 Å². The number of fused-ring (bicyclic) bond motifs is 2. The third kappa shape index (κ3) is 6.16. The van der Waals surface area contributed by atoms with Gasteiger partial charge in [0.05, 0.1) is 24.2 Å². The number of nitrogens with one attached hydrogen (secondary N) is 2. The first-order valence-corrected chi connectivity index (χ1v) is 14.2. The second-order valence-electron chi connectivity index (χ2n) is 10.8. The molecule has 1 unspecified atom stereocenters. The van der Waals surface area contributed by atoms with Crippen LogP contribution in [0.4, 0.5) is 17.5 Å². The molecular formula is C30H34N10O3. The van der Waals surface area contributed by atoms with Gasteiger partial charge in [-0.2, -0.15) is 0 Å². The summed E-state index contributed by atoms with van der Waals surface area (Å²) in [6.07, 6.45) is 4.84. The summed E-state index contributed by atoms with van der Waals surface area (Å²) in [5.74, 6) is 2.47. The summed E-state index contributed by atoms with van der Waals surface area (Å²) in [6, 6.07) is 11.7. The summed E-state index contributed by atoms with van der Waals surface area (Å²) in [4.78, 5) is 32.8. The number of carbonyl (C=O) groups excluding carboxylic acids is 1. The number of hydrogen-bond donors (Lipinski definition) is 2. The standard InChI is InChI=1S/C30H34N10O3/c1-18-13-21(5-8-26(18)43-22-6-7-25-23(14-22)37-38-39(25)3)34-28-27-24(32-17-33-28)15-31-30(36-27)40-11-9-20(10-12-40)35-29(41)19(2)16-42-4/h5-8,13-15,17,19-20H,9-12,16H2,1-4H3,(H,35,41)(H,32,33,34). The normalized spacial score (nSPS) is 14.7. The van der Waals surface area contributed by atoms with Crippen LogP contribution in [0, 0.1) is 12.8 Å². The minimum atomic E-state index is -0.176. The number of nitrogens with zero attached hydrogens (tertiary/aromatic N) is 8. The molecule has 1 atom stereocenters. The van der Waals surface area contributed by atoms with Gasteiger partial charge in [-0.05, 0) is 55.7 Å². The minimum Gasteiger partial charge on any atom is -0.457 e. The van der Waals surface area contributed by atoms with Crippen molar-refractivity contribution in [1.29, 1.82) is 0 Å². The number of amides is 1. The summed E-state index contributed by atoms with van der Waals surface area (Å²) in [5, 5.41) is 14.8. The maximum atomic E-state index is 12.4. The van der Waals surface area contributed by atoms with Crippen LogP contribution in [0.1, 0.15) is 25.3 Å². The van der Waals surface area contributed by atoms with Crippen LogP contribution in [-0.4, -0.2) is 73.7 Å². The van der Waals surface area contributed by atoms with Crippen molar-refractivity contribution in [3.63, 3.8) is 0 Å². The van der Waals surface area contributed by atoms with E-state index in [0.29, 0.717) is 35.2 Å². The van der Waals surface area contributed by atoms with E-state index in [-0.39, 0.29) is 17.9 Å². The van der Waals surface area contributed by atoms with Gasteiger partial charge in [0.2, 0.25) is 11.9 Å². The van der Waals surface area contributed by atoms with E-state index in [9.17, 15) is 4.79 Å².